The first kappa shape index (κ1) is 11.5. The summed E-state index contributed by atoms with van der Waals surface area (Å²) >= 11 is 0. The zero-order valence-corrected chi connectivity index (χ0v) is 22.6. The third kappa shape index (κ3) is 4.52. The predicted octanol–water partition coefficient (Wildman–Crippen LogP) is 10.2. The molecule has 0 spiro atoms. The van der Waals surface area contributed by atoms with Crippen molar-refractivity contribution >= 4 is 33.0 Å². The van der Waals surface area contributed by atoms with E-state index in [1.54, 1.807) is 0 Å². The Hall–Kier alpha value is -6.40. The highest BCUT2D eigenvalue weighted by atomic mass is 16.3. The number of fused-ring (bicyclic) bond motifs is 4. The SMILES string of the molecule is [2H]c1c([2H])c([2H])c(-c2nc(-c3c([2H])c([2H])c([2H])c(-c4c([2H])c([2H])c5nc(-c6c([2H])c([2H])c([2H])c([2H])c6[2H])oc5c4[2H])c3[2H])nc(-c3c([2H])c([2H])c([2H])c4oc5c([2H])c([2H])c([2H])c([2H])c5c34)n2)c([2H])c1[2H]. The van der Waals surface area contributed by atoms with Crippen LogP contribution in [0.5, 0.6) is 0 Å². The van der Waals surface area contributed by atoms with Crippen LogP contribution in [0.3, 0.4) is 0 Å². The average Bonchev–Trinajstić information content (AvgIpc) is 3.95. The van der Waals surface area contributed by atoms with Gasteiger partial charge in [-0.15, -0.1) is 0 Å². The van der Waals surface area contributed by atoms with E-state index in [1.807, 2.05) is 0 Å². The second-order valence-electron chi connectivity index (χ2n) is 9.26. The lowest BCUT2D eigenvalue weighted by atomic mass is 10.0. The highest BCUT2D eigenvalue weighted by molar-refractivity contribution is 6.11. The molecule has 6 aromatic carbocycles. The fourth-order valence-corrected chi connectivity index (χ4v) is 4.53. The number of hydrogen-bond acceptors (Lipinski definition) is 6. The van der Waals surface area contributed by atoms with Crippen molar-refractivity contribution in [2.24, 2.45) is 0 Å². The second kappa shape index (κ2) is 10.6. The van der Waals surface area contributed by atoms with Crippen LogP contribution < -0.4 is 0 Å². The minimum Gasteiger partial charge on any atom is -0.456 e. The highest BCUT2D eigenvalue weighted by Gasteiger charge is 2.18. The summed E-state index contributed by atoms with van der Waals surface area (Å²) < 4.78 is 219. The Morgan fingerprint density at radius 2 is 1.04 bits per heavy atom. The van der Waals surface area contributed by atoms with Gasteiger partial charge in [-0.3, -0.25) is 0 Å². The number of rotatable bonds is 5. The Morgan fingerprint density at radius 1 is 0.413 bits per heavy atom. The number of furan rings is 1. The lowest BCUT2D eigenvalue weighted by Crippen LogP contribution is -2.00. The van der Waals surface area contributed by atoms with Gasteiger partial charge in [0.1, 0.15) is 16.7 Å². The van der Waals surface area contributed by atoms with Crippen LogP contribution >= 0.6 is 0 Å². The van der Waals surface area contributed by atoms with Gasteiger partial charge >= 0.3 is 0 Å². The van der Waals surface area contributed by atoms with Crippen molar-refractivity contribution in [2.75, 3.05) is 0 Å². The number of hydrogen-bond donors (Lipinski definition) is 0. The van der Waals surface area contributed by atoms with Crippen molar-refractivity contribution in [1.82, 2.24) is 19.9 Å². The van der Waals surface area contributed by atoms with Crippen molar-refractivity contribution in [1.29, 1.82) is 0 Å². The van der Waals surface area contributed by atoms with Crippen LogP contribution in [0.1, 0.15) is 32.9 Å². The molecule has 0 saturated carbocycles. The molecule has 0 atom stereocenters. The van der Waals surface area contributed by atoms with Gasteiger partial charge in [-0.1, -0.05) is 103 Å². The number of nitrogens with zero attached hydrogens (tertiary/aromatic N) is 4. The molecule has 6 heteroatoms. The molecule has 0 amide bonds. The van der Waals surface area contributed by atoms with Crippen LogP contribution in [0, 0.1) is 0 Å². The third-order valence-corrected chi connectivity index (χ3v) is 6.51. The Balaban J connectivity index is 1.40. The van der Waals surface area contributed by atoms with E-state index in [9.17, 15) is 2.74 Å². The van der Waals surface area contributed by atoms with Gasteiger partial charge in [0, 0.05) is 33.0 Å². The van der Waals surface area contributed by atoms with Gasteiger partial charge in [0.05, 0.1) is 32.9 Å². The number of aromatic nitrogens is 4. The van der Waals surface area contributed by atoms with Crippen LogP contribution in [0.2, 0.25) is 0 Å². The molecule has 0 unspecified atom stereocenters. The molecule has 0 aliphatic carbocycles. The lowest BCUT2D eigenvalue weighted by molar-refractivity contribution is 0.620. The largest absolute Gasteiger partial charge is 0.456 e. The zero-order chi connectivity index (χ0) is 51.3. The molecular weight excluding hydrogens is 568 g/mol. The summed E-state index contributed by atoms with van der Waals surface area (Å²) in [6.07, 6.45) is 0. The summed E-state index contributed by atoms with van der Waals surface area (Å²) in [5.41, 5.74) is -6.35. The van der Waals surface area contributed by atoms with Gasteiger partial charge in [-0.05, 0) is 53.4 Å². The quantitative estimate of drug-likeness (QED) is 0.191. The molecule has 0 radical (unpaired) electrons. The summed E-state index contributed by atoms with van der Waals surface area (Å²) in [7, 11) is 0. The highest BCUT2D eigenvalue weighted by Crippen LogP contribution is 2.37. The molecular formula is C40H24N4O2. The first-order chi connectivity index (χ1) is 32.8. The van der Waals surface area contributed by atoms with Gasteiger partial charge < -0.3 is 8.83 Å². The Labute approximate surface area is 297 Å². The lowest BCUT2D eigenvalue weighted by Gasteiger charge is -2.10. The van der Waals surface area contributed by atoms with Gasteiger partial charge in [0.25, 0.3) is 0 Å². The van der Waals surface area contributed by atoms with Gasteiger partial charge in [0.2, 0.25) is 5.89 Å². The molecule has 0 bridgehead atoms. The summed E-state index contributed by atoms with van der Waals surface area (Å²) in [5.74, 6) is -3.08. The summed E-state index contributed by atoms with van der Waals surface area (Å²) in [5, 5.41) is -0.822. The maximum absolute atomic E-state index is 9.52. The van der Waals surface area contributed by atoms with E-state index in [4.69, 9.17) is 39.0 Å². The van der Waals surface area contributed by atoms with Crippen molar-refractivity contribution < 1.29 is 41.7 Å². The monoisotopic (exact) mass is 616 g/mol. The first-order valence-electron chi connectivity index (χ1n) is 25.1. The van der Waals surface area contributed by atoms with E-state index in [-0.39, 0.29) is 0 Å². The van der Waals surface area contributed by atoms with Crippen LogP contribution in [0.15, 0.2) is 154 Å². The van der Waals surface area contributed by atoms with E-state index in [0.29, 0.717) is 0 Å². The minimum absolute atomic E-state index is 0.407. The van der Waals surface area contributed by atoms with E-state index in [0.717, 1.165) is 0 Å². The smallest absolute Gasteiger partial charge is 0.227 e. The topological polar surface area (TPSA) is 77.8 Å². The molecule has 46 heavy (non-hydrogen) atoms. The fraction of sp³-hybridized carbons (Fsp3) is 0. The van der Waals surface area contributed by atoms with E-state index in [2.05, 4.69) is 19.9 Å². The van der Waals surface area contributed by atoms with Crippen LogP contribution in [-0.2, 0) is 0 Å². The summed E-state index contributed by atoms with van der Waals surface area (Å²) in [6, 6.07) is -20.0. The Bertz CT molecular complexity index is 3850. The van der Waals surface area contributed by atoms with Crippen LogP contribution in [0.25, 0.3) is 89.8 Å². The average molecular weight is 617 g/mol. The molecule has 0 aliphatic heterocycles. The van der Waals surface area contributed by atoms with Crippen molar-refractivity contribution in [3.8, 4) is 56.7 Å². The molecule has 216 valence electrons. The first-order valence-corrected chi connectivity index (χ1v) is 13.1. The van der Waals surface area contributed by atoms with Crippen molar-refractivity contribution in [2.45, 2.75) is 0 Å². The predicted molar refractivity (Wildman–Crippen MR) is 182 cm³/mol. The summed E-state index contributed by atoms with van der Waals surface area (Å²) in [6.45, 7) is 0. The molecule has 0 saturated heterocycles. The normalized spacial score (nSPS) is 18.8. The van der Waals surface area contributed by atoms with Crippen LogP contribution in [-0.4, -0.2) is 19.9 Å². The Kier molecular flexibility index (Phi) is 2.66. The third-order valence-electron chi connectivity index (χ3n) is 6.51. The molecule has 0 N–H and O–H groups in total. The number of benzene rings is 6. The van der Waals surface area contributed by atoms with Gasteiger partial charge in [-0.25, -0.2) is 19.9 Å². The van der Waals surface area contributed by atoms with Crippen LogP contribution in [0.4, 0.5) is 0 Å². The maximum Gasteiger partial charge on any atom is 0.227 e. The minimum atomic E-state index is -0.998. The molecule has 6 nitrogen and oxygen atoms in total. The van der Waals surface area contributed by atoms with E-state index in [1.165, 1.54) is 0 Å². The molecule has 3 heterocycles. The molecule has 9 rings (SSSR count). The Morgan fingerprint density at radius 3 is 1.89 bits per heavy atom. The fourth-order valence-electron chi connectivity index (χ4n) is 4.53. The van der Waals surface area contributed by atoms with Gasteiger partial charge in [0.15, 0.2) is 23.1 Å². The molecule has 0 aliphatic rings. The molecule has 3 aromatic heterocycles. The zero-order valence-electron chi connectivity index (χ0n) is 46.6. The maximum atomic E-state index is 9.52. The standard InChI is InChI=1S/C40H24N4O2/c1-3-11-25(12-4-1)37-42-38(44-39(43-37)31-18-10-20-34-36(31)30-17-7-8-19-33(30)45-34)29-16-9-15-27(23-29)28-21-22-32-35(24-28)46-40(41-32)26-13-5-2-6-14-26/h1-24H/i1D,2D,3D,4D,5D,6D,7D,8D,9D,10D,11D,12D,13D,14D,15D,16D,17D,18D,19D,20D,21D,22D,23D,24D. The summed E-state index contributed by atoms with van der Waals surface area (Å²) in [4.78, 5) is 17.1. The number of oxazole rings is 1. The second-order valence-corrected chi connectivity index (χ2v) is 9.26. The van der Waals surface area contributed by atoms with E-state index < -0.39 is 235 Å². The van der Waals surface area contributed by atoms with Crippen molar-refractivity contribution in [3.05, 3.63) is 145 Å². The molecule has 0 fully saturated rings. The van der Waals surface area contributed by atoms with Gasteiger partial charge in [-0.2, -0.15) is 0 Å². The van der Waals surface area contributed by atoms with Crippen molar-refractivity contribution in [3.63, 3.8) is 0 Å². The number of para-hydroxylation sites is 1. The van der Waals surface area contributed by atoms with E-state index >= 15 is 0 Å². The molecule has 9 aromatic rings.